The average Bonchev–Trinajstić information content (AvgIpc) is 2.53. The van der Waals surface area contributed by atoms with Gasteiger partial charge in [0.05, 0.1) is 17.3 Å². The third-order valence-electron chi connectivity index (χ3n) is 4.13. The van der Waals surface area contributed by atoms with Crippen molar-refractivity contribution in [2.45, 2.75) is 36.7 Å². The van der Waals surface area contributed by atoms with Crippen LogP contribution in [0.2, 0.25) is 0 Å². The maximum Gasteiger partial charge on any atom is 0.179 e. The van der Waals surface area contributed by atoms with Gasteiger partial charge in [-0.15, -0.1) is 0 Å². The van der Waals surface area contributed by atoms with Gasteiger partial charge < -0.3 is 10.8 Å². The molecular formula is C15H24N2O3S. The van der Waals surface area contributed by atoms with Crippen LogP contribution in [0.3, 0.4) is 0 Å². The minimum atomic E-state index is -3.28. The molecule has 0 bridgehead atoms. The Bertz CT molecular complexity index is 543. The summed E-state index contributed by atoms with van der Waals surface area (Å²) in [6, 6.07) is 6.86. The van der Waals surface area contributed by atoms with Gasteiger partial charge in [-0.1, -0.05) is 18.6 Å². The molecule has 1 atom stereocenters. The van der Waals surface area contributed by atoms with Gasteiger partial charge in [-0.2, -0.15) is 0 Å². The first kappa shape index (κ1) is 16.4. The lowest BCUT2D eigenvalue weighted by Crippen LogP contribution is -2.44. The van der Waals surface area contributed by atoms with Crippen LogP contribution in [0.15, 0.2) is 29.2 Å². The number of piperidine rings is 1. The molecule has 0 spiro atoms. The zero-order valence-corrected chi connectivity index (χ0v) is 13.1. The molecule has 2 rings (SSSR count). The van der Waals surface area contributed by atoms with Gasteiger partial charge in [0.1, 0.15) is 0 Å². The molecule has 0 aliphatic carbocycles. The van der Waals surface area contributed by atoms with E-state index in [-0.39, 0.29) is 18.4 Å². The number of nitrogens with two attached hydrogens (primary N) is 1. The fourth-order valence-corrected chi connectivity index (χ4v) is 4.01. The second kappa shape index (κ2) is 7.35. The van der Waals surface area contributed by atoms with Crippen LogP contribution >= 0.6 is 0 Å². The Hall–Kier alpha value is -0.950. The molecule has 6 heteroatoms. The van der Waals surface area contributed by atoms with Crippen molar-refractivity contribution in [1.29, 1.82) is 0 Å². The van der Waals surface area contributed by atoms with E-state index in [9.17, 15) is 13.5 Å². The van der Waals surface area contributed by atoms with Gasteiger partial charge in [0, 0.05) is 19.1 Å². The zero-order valence-electron chi connectivity index (χ0n) is 12.2. The molecule has 21 heavy (non-hydrogen) atoms. The van der Waals surface area contributed by atoms with Crippen LogP contribution in [0.25, 0.3) is 0 Å². The van der Waals surface area contributed by atoms with Crippen molar-refractivity contribution in [3.05, 3.63) is 29.8 Å². The third kappa shape index (κ3) is 4.26. The van der Waals surface area contributed by atoms with Gasteiger partial charge >= 0.3 is 0 Å². The van der Waals surface area contributed by atoms with Crippen LogP contribution in [0.5, 0.6) is 0 Å². The fourth-order valence-electron chi connectivity index (χ4n) is 2.75. The Balaban J connectivity index is 1.99. The molecule has 1 unspecified atom stereocenters. The molecule has 1 aromatic carbocycles. The maximum absolute atomic E-state index is 12.3. The van der Waals surface area contributed by atoms with E-state index in [4.69, 9.17) is 5.73 Å². The van der Waals surface area contributed by atoms with Gasteiger partial charge in [0.15, 0.2) is 9.84 Å². The molecule has 1 saturated heterocycles. The number of benzene rings is 1. The van der Waals surface area contributed by atoms with E-state index >= 15 is 0 Å². The highest BCUT2D eigenvalue weighted by Crippen LogP contribution is 2.18. The summed E-state index contributed by atoms with van der Waals surface area (Å²) >= 11 is 0. The van der Waals surface area contributed by atoms with Crippen LogP contribution in [-0.4, -0.2) is 49.9 Å². The normalized spacial score (nSPS) is 20.6. The number of hydrogen-bond donors (Lipinski definition) is 2. The molecular weight excluding hydrogens is 288 g/mol. The molecule has 118 valence electrons. The highest BCUT2D eigenvalue weighted by molar-refractivity contribution is 7.91. The first-order valence-corrected chi connectivity index (χ1v) is 9.08. The summed E-state index contributed by atoms with van der Waals surface area (Å²) in [7, 11) is -3.28. The number of hydrogen-bond acceptors (Lipinski definition) is 5. The molecule has 0 saturated carbocycles. The number of aliphatic hydroxyl groups excluding tert-OH is 1. The minimum absolute atomic E-state index is 0.0888. The SMILES string of the molecule is NCc1ccc(S(=O)(=O)CCN2CCCCC2CO)cc1. The molecule has 1 fully saturated rings. The maximum atomic E-state index is 12.3. The highest BCUT2D eigenvalue weighted by atomic mass is 32.2. The molecule has 0 radical (unpaired) electrons. The van der Waals surface area contributed by atoms with Crippen LogP contribution in [0, 0.1) is 0 Å². The summed E-state index contributed by atoms with van der Waals surface area (Å²) in [5.74, 6) is 0.0888. The minimum Gasteiger partial charge on any atom is -0.395 e. The van der Waals surface area contributed by atoms with E-state index < -0.39 is 9.84 Å². The molecule has 0 aromatic heterocycles. The Kier molecular flexibility index (Phi) is 5.75. The lowest BCUT2D eigenvalue weighted by atomic mass is 10.0. The zero-order chi connectivity index (χ0) is 15.3. The molecule has 1 aliphatic heterocycles. The Labute approximate surface area is 126 Å². The van der Waals surface area contributed by atoms with Gasteiger partial charge in [-0.25, -0.2) is 8.42 Å². The monoisotopic (exact) mass is 312 g/mol. The summed E-state index contributed by atoms with van der Waals surface area (Å²) in [4.78, 5) is 2.44. The number of aliphatic hydroxyl groups is 1. The second-order valence-electron chi connectivity index (χ2n) is 5.54. The van der Waals surface area contributed by atoms with Crippen LogP contribution in [0.4, 0.5) is 0 Å². The van der Waals surface area contributed by atoms with Crippen molar-refractivity contribution < 1.29 is 13.5 Å². The summed E-state index contributed by atoms with van der Waals surface area (Å²) < 4.78 is 24.7. The molecule has 1 aliphatic rings. The molecule has 0 amide bonds. The largest absolute Gasteiger partial charge is 0.395 e. The van der Waals surface area contributed by atoms with E-state index in [2.05, 4.69) is 4.90 Å². The van der Waals surface area contributed by atoms with Gasteiger partial charge in [-0.05, 0) is 37.1 Å². The molecule has 5 nitrogen and oxygen atoms in total. The first-order chi connectivity index (χ1) is 10.1. The number of rotatable bonds is 6. The van der Waals surface area contributed by atoms with Crippen molar-refractivity contribution in [1.82, 2.24) is 4.90 Å². The summed E-state index contributed by atoms with van der Waals surface area (Å²) in [5, 5.41) is 9.36. The predicted octanol–water partition coefficient (Wildman–Crippen LogP) is 0.766. The number of nitrogens with zero attached hydrogens (tertiary/aromatic N) is 1. The Morgan fingerprint density at radius 2 is 1.95 bits per heavy atom. The highest BCUT2D eigenvalue weighted by Gasteiger charge is 2.24. The summed E-state index contributed by atoms with van der Waals surface area (Å²) in [6.45, 7) is 1.86. The Morgan fingerprint density at radius 3 is 2.57 bits per heavy atom. The van der Waals surface area contributed by atoms with Gasteiger partial charge in [-0.3, -0.25) is 4.90 Å². The predicted molar refractivity (Wildman–Crippen MR) is 82.7 cm³/mol. The Morgan fingerprint density at radius 1 is 1.24 bits per heavy atom. The van der Waals surface area contributed by atoms with Crippen molar-refractivity contribution in [2.75, 3.05) is 25.4 Å². The lowest BCUT2D eigenvalue weighted by Gasteiger charge is -2.34. The van der Waals surface area contributed by atoms with Crippen molar-refractivity contribution in [3.63, 3.8) is 0 Å². The van der Waals surface area contributed by atoms with E-state index in [1.165, 1.54) is 0 Å². The van der Waals surface area contributed by atoms with Crippen molar-refractivity contribution in [3.8, 4) is 0 Å². The standard InChI is InChI=1S/C15H24N2O3S/c16-11-13-4-6-15(7-5-13)21(19,20)10-9-17-8-2-1-3-14(17)12-18/h4-7,14,18H,1-3,8-12,16H2. The second-order valence-corrected chi connectivity index (χ2v) is 7.64. The van der Waals surface area contributed by atoms with Gasteiger partial charge in [0.2, 0.25) is 0 Å². The topological polar surface area (TPSA) is 83.6 Å². The average molecular weight is 312 g/mol. The summed E-state index contributed by atoms with van der Waals surface area (Å²) in [5.41, 5.74) is 6.44. The third-order valence-corrected chi connectivity index (χ3v) is 5.84. The van der Waals surface area contributed by atoms with Gasteiger partial charge in [0.25, 0.3) is 0 Å². The molecule has 1 heterocycles. The van der Waals surface area contributed by atoms with E-state index in [0.29, 0.717) is 18.0 Å². The van der Waals surface area contributed by atoms with E-state index in [1.54, 1.807) is 24.3 Å². The van der Waals surface area contributed by atoms with E-state index in [1.807, 2.05) is 0 Å². The fraction of sp³-hybridized carbons (Fsp3) is 0.600. The first-order valence-electron chi connectivity index (χ1n) is 7.43. The van der Waals surface area contributed by atoms with Crippen molar-refractivity contribution in [2.24, 2.45) is 5.73 Å². The number of likely N-dealkylation sites (tertiary alicyclic amines) is 1. The van der Waals surface area contributed by atoms with Crippen LogP contribution in [-0.2, 0) is 16.4 Å². The smallest absolute Gasteiger partial charge is 0.179 e. The lowest BCUT2D eigenvalue weighted by molar-refractivity contribution is 0.0958. The number of sulfone groups is 1. The van der Waals surface area contributed by atoms with E-state index in [0.717, 1.165) is 31.4 Å². The van der Waals surface area contributed by atoms with Crippen LogP contribution < -0.4 is 5.73 Å². The van der Waals surface area contributed by atoms with Crippen LogP contribution in [0.1, 0.15) is 24.8 Å². The molecule has 1 aromatic rings. The van der Waals surface area contributed by atoms with Crippen molar-refractivity contribution >= 4 is 9.84 Å². The summed E-state index contributed by atoms with van der Waals surface area (Å²) in [6.07, 6.45) is 3.12. The molecule has 3 N–H and O–H groups in total. The quantitative estimate of drug-likeness (QED) is 0.810.